The van der Waals surface area contributed by atoms with Gasteiger partial charge in [0, 0.05) is 10.0 Å². The van der Waals surface area contributed by atoms with Crippen molar-refractivity contribution < 1.29 is 14.3 Å². The average molecular weight is 290 g/mol. The zero-order valence-electron chi connectivity index (χ0n) is 9.62. The molecule has 90 valence electrons. The summed E-state index contributed by atoms with van der Waals surface area (Å²) in [5.41, 5.74) is 0.849. The number of ether oxygens (including phenoxy) is 2. The Bertz CT molecular complexity index is 355. The van der Waals surface area contributed by atoms with E-state index in [1.54, 1.807) is 7.11 Å². The third-order valence-corrected chi connectivity index (χ3v) is 2.37. The summed E-state index contributed by atoms with van der Waals surface area (Å²) in [4.78, 5) is 4.65. The summed E-state index contributed by atoms with van der Waals surface area (Å²) in [5.74, 6) is 6.42. The van der Waals surface area contributed by atoms with Crippen molar-refractivity contribution in [2.45, 2.75) is 26.6 Å². The molecule has 0 amide bonds. The molecule has 0 bridgehead atoms. The molecular formula is C11H16BrNO3. The van der Waals surface area contributed by atoms with Crippen LogP contribution in [0.15, 0.2) is 16.6 Å². The SMILES string of the molecule is COc1cc(Br)cc(CON)c1OC(C)C. The van der Waals surface area contributed by atoms with Crippen molar-refractivity contribution in [3.63, 3.8) is 0 Å². The van der Waals surface area contributed by atoms with Gasteiger partial charge in [-0.05, 0) is 26.0 Å². The van der Waals surface area contributed by atoms with E-state index >= 15 is 0 Å². The molecule has 0 atom stereocenters. The lowest BCUT2D eigenvalue weighted by atomic mass is 10.2. The highest BCUT2D eigenvalue weighted by Crippen LogP contribution is 2.35. The highest BCUT2D eigenvalue weighted by molar-refractivity contribution is 9.10. The molecule has 0 aromatic heterocycles. The van der Waals surface area contributed by atoms with Crippen molar-refractivity contribution in [3.05, 3.63) is 22.2 Å². The predicted octanol–water partition coefficient (Wildman–Crippen LogP) is 2.64. The molecule has 0 spiro atoms. The Balaban J connectivity index is 3.15. The minimum atomic E-state index is 0.0617. The summed E-state index contributed by atoms with van der Waals surface area (Å²) >= 11 is 3.39. The van der Waals surface area contributed by atoms with E-state index in [0.29, 0.717) is 11.5 Å². The van der Waals surface area contributed by atoms with Crippen molar-refractivity contribution in [2.75, 3.05) is 7.11 Å². The molecule has 1 aromatic carbocycles. The standard InChI is InChI=1S/C11H16BrNO3/c1-7(2)16-11-8(6-15-13)4-9(12)5-10(11)14-3/h4-5,7H,6,13H2,1-3H3. The molecule has 16 heavy (non-hydrogen) atoms. The first-order valence-electron chi connectivity index (χ1n) is 4.93. The molecular weight excluding hydrogens is 274 g/mol. The number of hydrogen-bond acceptors (Lipinski definition) is 4. The van der Waals surface area contributed by atoms with E-state index < -0.39 is 0 Å². The molecule has 0 aliphatic carbocycles. The molecule has 5 heteroatoms. The van der Waals surface area contributed by atoms with E-state index in [1.165, 1.54) is 0 Å². The molecule has 0 saturated carbocycles. The van der Waals surface area contributed by atoms with Gasteiger partial charge < -0.3 is 9.47 Å². The van der Waals surface area contributed by atoms with Gasteiger partial charge in [0.1, 0.15) is 0 Å². The van der Waals surface area contributed by atoms with Crippen LogP contribution in [0.4, 0.5) is 0 Å². The van der Waals surface area contributed by atoms with Crippen LogP contribution in [-0.4, -0.2) is 13.2 Å². The number of nitrogens with two attached hydrogens (primary N) is 1. The molecule has 0 aliphatic rings. The molecule has 4 nitrogen and oxygen atoms in total. The summed E-state index contributed by atoms with van der Waals surface area (Å²) in [7, 11) is 1.60. The molecule has 1 rings (SSSR count). The van der Waals surface area contributed by atoms with Crippen LogP contribution in [0.25, 0.3) is 0 Å². The van der Waals surface area contributed by atoms with Crippen LogP contribution in [0.3, 0.4) is 0 Å². The molecule has 0 fully saturated rings. The van der Waals surface area contributed by atoms with Gasteiger partial charge in [-0.25, -0.2) is 5.90 Å². The van der Waals surface area contributed by atoms with E-state index in [0.717, 1.165) is 10.0 Å². The fourth-order valence-electron chi connectivity index (χ4n) is 1.34. The van der Waals surface area contributed by atoms with Gasteiger partial charge in [0.25, 0.3) is 0 Å². The molecule has 0 heterocycles. The molecule has 0 aliphatic heterocycles. The van der Waals surface area contributed by atoms with Crippen LogP contribution in [0.1, 0.15) is 19.4 Å². The van der Waals surface area contributed by atoms with Crippen molar-refractivity contribution in [3.8, 4) is 11.5 Å². The zero-order valence-corrected chi connectivity index (χ0v) is 11.2. The second kappa shape index (κ2) is 6.08. The van der Waals surface area contributed by atoms with Crippen LogP contribution in [0, 0.1) is 0 Å². The van der Waals surface area contributed by atoms with Crippen LogP contribution in [-0.2, 0) is 11.4 Å². The molecule has 0 unspecified atom stereocenters. The largest absolute Gasteiger partial charge is 0.493 e. The third kappa shape index (κ3) is 3.37. The summed E-state index contributed by atoms with van der Waals surface area (Å²) in [6.45, 7) is 4.18. The van der Waals surface area contributed by atoms with E-state index in [2.05, 4.69) is 20.8 Å². The first-order chi connectivity index (χ1) is 7.58. The Hall–Kier alpha value is -0.780. The first-order valence-corrected chi connectivity index (χ1v) is 5.72. The lowest BCUT2D eigenvalue weighted by Crippen LogP contribution is -2.10. The van der Waals surface area contributed by atoms with Gasteiger partial charge in [0.2, 0.25) is 0 Å². The molecule has 0 radical (unpaired) electrons. The average Bonchev–Trinajstić information content (AvgIpc) is 2.21. The van der Waals surface area contributed by atoms with Crippen molar-refractivity contribution in [1.29, 1.82) is 0 Å². The first kappa shape index (κ1) is 13.3. The lowest BCUT2D eigenvalue weighted by molar-refractivity contribution is 0.119. The fraction of sp³-hybridized carbons (Fsp3) is 0.455. The Kier molecular flexibility index (Phi) is 5.05. The van der Waals surface area contributed by atoms with Crippen LogP contribution >= 0.6 is 15.9 Å². The maximum absolute atomic E-state index is 5.69. The third-order valence-electron chi connectivity index (χ3n) is 1.91. The number of methoxy groups -OCH3 is 1. The van der Waals surface area contributed by atoms with Crippen LogP contribution < -0.4 is 15.4 Å². The smallest absolute Gasteiger partial charge is 0.167 e. The normalized spacial score (nSPS) is 10.6. The minimum absolute atomic E-state index is 0.0617. The number of rotatable bonds is 5. The highest BCUT2D eigenvalue weighted by Gasteiger charge is 2.14. The second-order valence-corrected chi connectivity index (χ2v) is 4.49. The van der Waals surface area contributed by atoms with E-state index in [4.69, 9.17) is 15.4 Å². The van der Waals surface area contributed by atoms with Crippen LogP contribution in [0.2, 0.25) is 0 Å². The van der Waals surface area contributed by atoms with Gasteiger partial charge in [-0.1, -0.05) is 15.9 Å². The topological polar surface area (TPSA) is 53.7 Å². The molecule has 0 saturated heterocycles. The van der Waals surface area contributed by atoms with Crippen molar-refractivity contribution in [2.24, 2.45) is 5.90 Å². The van der Waals surface area contributed by atoms with Crippen molar-refractivity contribution in [1.82, 2.24) is 0 Å². The predicted molar refractivity (Wildman–Crippen MR) is 65.4 cm³/mol. The second-order valence-electron chi connectivity index (χ2n) is 3.57. The van der Waals surface area contributed by atoms with E-state index in [1.807, 2.05) is 26.0 Å². The van der Waals surface area contributed by atoms with Gasteiger partial charge in [0.15, 0.2) is 11.5 Å². The summed E-state index contributed by atoms with van der Waals surface area (Å²) in [5, 5.41) is 0. The fourth-order valence-corrected chi connectivity index (χ4v) is 1.83. The number of benzene rings is 1. The monoisotopic (exact) mass is 289 g/mol. The van der Waals surface area contributed by atoms with Gasteiger partial charge in [-0.15, -0.1) is 0 Å². The Morgan fingerprint density at radius 1 is 1.38 bits per heavy atom. The quantitative estimate of drug-likeness (QED) is 0.847. The maximum Gasteiger partial charge on any atom is 0.167 e. The van der Waals surface area contributed by atoms with Gasteiger partial charge in [-0.2, -0.15) is 0 Å². The van der Waals surface area contributed by atoms with E-state index in [-0.39, 0.29) is 12.7 Å². The molecule has 1 aromatic rings. The maximum atomic E-state index is 5.69. The summed E-state index contributed by atoms with van der Waals surface area (Å²) < 4.78 is 11.9. The molecule has 2 N–H and O–H groups in total. The Labute approximate surface area is 104 Å². The number of hydrogen-bond donors (Lipinski definition) is 1. The zero-order chi connectivity index (χ0) is 12.1. The minimum Gasteiger partial charge on any atom is -0.493 e. The number of halogens is 1. The summed E-state index contributed by atoms with van der Waals surface area (Å²) in [6.07, 6.45) is 0.0617. The van der Waals surface area contributed by atoms with Gasteiger partial charge in [-0.3, -0.25) is 4.84 Å². The van der Waals surface area contributed by atoms with Crippen LogP contribution in [0.5, 0.6) is 11.5 Å². The summed E-state index contributed by atoms with van der Waals surface area (Å²) in [6, 6.07) is 3.74. The Morgan fingerprint density at radius 2 is 2.06 bits per heavy atom. The highest BCUT2D eigenvalue weighted by atomic mass is 79.9. The Morgan fingerprint density at radius 3 is 2.56 bits per heavy atom. The van der Waals surface area contributed by atoms with E-state index in [9.17, 15) is 0 Å². The van der Waals surface area contributed by atoms with Gasteiger partial charge in [0.05, 0.1) is 19.8 Å². The van der Waals surface area contributed by atoms with Crippen molar-refractivity contribution >= 4 is 15.9 Å². The van der Waals surface area contributed by atoms with Gasteiger partial charge >= 0.3 is 0 Å². The lowest BCUT2D eigenvalue weighted by Gasteiger charge is -2.17.